The monoisotopic (exact) mass is 431 g/mol. The first-order valence-electron chi connectivity index (χ1n) is 9.26. The highest BCUT2D eigenvalue weighted by atomic mass is 32.2. The molecule has 0 bridgehead atoms. The maximum atomic E-state index is 13.4. The normalized spacial score (nSPS) is 11.4. The maximum Gasteiger partial charge on any atom is 0.243 e. The van der Waals surface area contributed by atoms with Crippen LogP contribution in [-0.2, 0) is 23.1 Å². The van der Waals surface area contributed by atoms with Crippen molar-refractivity contribution in [2.75, 3.05) is 0 Å². The smallest absolute Gasteiger partial charge is 0.243 e. The van der Waals surface area contributed by atoms with Crippen molar-refractivity contribution in [3.63, 3.8) is 0 Å². The summed E-state index contributed by atoms with van der Waals surface area (Å²) < 4.78 is 28.1. The molecule has 0 atom stereocenters. The standard InChI is InChI=1S/C21H17N7O2S/c1-22-18-9-11-20(12-10-18)31(29,30)28(15-19-4-2-3-13-23-19)14-16-5-7-17(8-6-16)21-24-26-27-25-21/h2-13H,14-15H2,(H,24,25,26,27). The van der Waals surface area contributed by atoms with Crippen LogP contribution in [0.4, 0.5) is 5.69 Å². The Bertz CT molecular complexity index is 1280. The summed E-state index contributed by atoms with van der Waals surface area (Å²) in [5.41, 5.74) is 2.58. The number of nitrogens with zero attached hydrogens (tertiary/aromatic N) is 6. The van der Waals surface area contributed by atoms with Crippen LogP contribution in [-0.4, -0.2) is 38.3 Å². The number of aromatic nitrogens is 5. The Morgan fingerprint density at radius 2 is 1.74 bits per heavy atom. The minimum atomic E-state index is -3.83. The second-order valence-electron chi connectivity index (χ2n) is 6.63. The van der Waals surface area contributed by atoms with E-state index in [1.165, 1.54) is 28.6 Å². The molecule has 0 aliphatic rings. The molecular weight excluding hydrogens is 414 g/mol. The largest absolute Gasteiger partial charge is 0.260 e. The second kappa shape index (κ2) is 8.83. The van der Waals surface area contributed by atoms with E-state index in [0.29, 0.717) is 17.2 Å². The number of hydrogen-bond donors (Lipinski definition) is 1. The van der Waals surface area contributed by atoms with Crippen LogP contribution in [0.1, 0.15) is 11.3 Å². The van der Waals surface area contributed by atoms with Crippen molar-refractivity contribution in [1.82, 2.24) is 29.9 Å². The van der Waals surface area contributed by atoms with Gasteiger partial charge in [-0.15, -0.1) is 10.2 Å². The number of hydrogen-bond acceptors (Lipinski definition) is 6. The molecule has 0 aliphatic carbocycles. The molecule has 4 aromatic rings. The van der Waals surface area contributed by atoms with E-state index < -0.39 is 10.0 Å². The fourth-order valence-electron chi connectivity index (χ4n) is 2.99. The van der Waals surface area contributed by atoms with Gasteiger partial charge >= 0.3 is 0 Å². The topological polar surface area (TPSA) is 109 Å². The average Bonchev–Trinajstić information content (AvgIpc) is 3.35. The van der Waals surface area contributed by atoms with Crippen LogP contribution in [0.3, 0.4) is 0 Å². The Kier molecular flexibility index (Phi) is 5.79. The van der Waals surface area contributed by atoms with E-state index in [4.69, 9.17) is 6.57 Å². The van der Waals surface area contributed by atoms with Crippen molar-refractivity contribution in [1.29, 1.82) is 0 Å². The fraction of sp³-hybridized carbons (Fsp3) is 0.0952. The Balaban J connectivity index is 1.64. The van der Waals surface area contributed by atoms with Gasteiger partial charge in [-0.1, -0.05) is 54.6 Å². The number of benzene rings is 2. The molecule has 0 aliphatic heterocycles. The summed E-state index contributed by atoms with van der Waals surface area (Å²) in [5, 5.41) is 13.8. The van der Waals surface area contributed by atoms with Gasteiger partial charge in [0.15, 0.2) is 5.69 Å². The van der Waals surface area contributed by atoms with E-state index in [9.17, 15) is 8.42 Å². The molecule has 0 amide bonds. The van der Waals surface area contributed by atoms with Gasteiger partial charge in [0.2, 0.25) is 15.8 Å². The lowest BCUT2D eigenvalue weighted by Crippen LogP contribution is -2.30. The molecule has 2 heterocycles. The van der Waals surface area contributed by atoms with Gasteiger partial charge in [0.25, 0.3) is 0 Å². The highest BCUT2D eigenvalue weighted by Gasteiger charge is 2.25. The average molecular weight is 431 g/mol. The minimum absolute atomic E-state index is 0.111. The number of sulfonamides is 1. The molecule has 2 aromatic heterocycles. The van der Waals surface area contributed by atoms with Crippen LogP contribution < -0.4 is 0 Å². The molecule has 4 rings (SSSR count). The lowest BCUT2D eigenvalue weighted by Gasteiger charge is -2.22. The number of aromatic amines is 1. The summed E-state index contributed by atoms with van der Waals surface area (Å²) in [5.74, 6) is 0.462. The molecule has 9 nitrogen and oxygen atoms in total. The molecule has 0 spiro atoms. The minimum Gasteiger partial charge on any atom is -0.260 e. The Hall–Kier alpha value is -3.94. The number of pyridine rings is 1. The summed E-state index contributed by atoms with van der Waals surface area (Å²) in [4.78, 5) is 7.71. The summed E-state index contributed by atoms with van der Waals surface area (Å²) in [6.07, 6.45) is 1.63. The van der Waals surface area contributed by atoms with Crippen LogP contribution in [0.25, 0.3) is 16.2 Å². The van der Waals surface area contributed by atoms with E-state index in [1.807, 2.05) is 30.3 Å². The summed E-state index contributed by atoms with van der Waals surface area (Å²) in [6, 6.07) is 18.6. The first-order chi connectivity index (χ1) is 15.1. The number of nitrogens with one attached hydrogen (secondary N) is 1. The number of rotatable bonds is 7. The van der Waals surface area contributed by atoms with Gasteiger partial charge in [0.1, 0.15) is 0 Å². The molecule has 0 radical (unpaired) electrons. The first kappa shape index (κ1) is 20.3. The molecule has 0 saturated heterocycles. The van der Waals surface area contributed by atoms with Crippen molar-refractivity contribution < 1.29 is 8.42 Å². The zero-order valence-electron chi connectivity index (χ0n) is 16.3. The van der Waals surface area contributed by atoms with E-state index in [1.54, 1.807) is 18.3 Å². The first-order valence-corrected chi connectivity index (χ1v) is 10.7. The van der Waals surface area contributed by atoms with Crippen molar-refractivity contribution in [2.24, 2.45) is 0 Å². The molecule has 31 heavy (non-hydrogen) atoms. The quantitative estimate of drug-likeness (QED) is 0.450. The highest BCUT2D eigenvalue weighted by Crippen LogP contribution is 2.24. The van der Waals surface area contributed by atoms with Crippen molar-refractivity contribution in [2.45, 2.75) is 18.0 Å². The van der Waals surface area contributed by atoms with Crippen LogP contribution >= 0.6 is 0 Å². The maximum absolute atomic E-state index is 13.4. The van der Waals surface area contributed by atoms with E-state index >= 15 is 0 Å². The molecule has 0 saturated carbocycles. The highest BCUT2D eigenvalue weighted by molar-refractivity contribution is 7.89. The van der Waals surface area contributed by atoms with Crippen LogP contribution in [0.15, 0.2) is 77.8 Å². The second-order valence-corrected chi connectivity index (χ2v) is 8.57. The zero-order valence-corrected chi connectivity index (χ0v) is 17.1. The van der Waals surface area contributed by atoms with Gasteiger partial charge in [0, 0.05) is 18.3 Å². The van der Waals surface area contributed by atoms with Gasteiger partial charge in [-0.3, -0.25) is 4.98 Å². The van der Waals surface area contributed by atoms with E-state index in [2.05, 4.69) is 30.5 Å². The van der Waals surface area contributed by atoms with Gasteiger partial charge in [-0.2, -0.15) is 9.52 Å². The third kappa shape index (κ3) is 4.63. The fourth-order valence-corrected chi connectivity index (χ4v) is 4.39. The lowest BCUT2D eigenvalue weighted by atomic mass is 10.1. The Morgan fingerprint density at radius 3 is 2.35 bits per heavy atom. The third-order valence-corrected chi connectivity index (χ3v) is 6.39. The van der Waals surface area contributed by atoms with Crippen LogP contribution in [0, 0.1) is 6.57 Å². The van der Waals surface area contributed by atoms with Crippen molar-refractivity contribution in [3.8, 4) is 11.4 Å². The molecule has 0 unspecified atom stereocenters. The van der Waals surface area contributed by atoms with E-state index in [-0.39, 0.29) is 18.0 Å². The van der Waals surface area contributed by atoms with Gasteiger partial charge in [0.05, 0.1) is 23.7 Å². The van der Waals surface area contributed by atoms with Crippen molar-refractivity contribution in [3.05, 3.63) is 95.6 Å². The summed E-state index contributed by atoms with van der Waals surface area (Å²) in [7, 11) is -3.83. The summed E-state index contributed by atoms with van der Waals surface area (Å²) in [6.45, 7) is 7.32. The van der Waals surface area contributed by atoms with Crippen molar-refractivity contribution >= 4 is 15.7 Å². The van der Waals surface area contributed by atoms with Crippen LogP contribution in [0.5, 0.6) is 0 Å². The van der Waals surface area contributed by atoms with Gasteiger partial charge in [-0.25, -0.2) is 13.3 Å². The Morgan fingerprint density at radius 1 is 0.968 bits per heavy atom. The number of H-pyrrole nitrogens is 1. The molecule has 154 valence electrons. The van der Waals surface area contributed by atoms with Gasteiger partial charge in [-0.05, 0) is 22.9 Å². The lowest BCUT2D eigenvalue weighted by molar-refractivity contribution is 0.397. The molecule has 0 fully saturated rings. The SMILES string of the molecule is [C-]#[N+]c1ccc(S(=O)(=O)N(Cc2ccc(-c3nn[nH]n3)cc2)Cc2ccccn2)cc1. The number of tetrazole rings is 1. The summed E-state index contributed by atoms with van der Waals surface area (Å²) >= 11 is 0. The molecule has 1 N–H and O–H groups in total. The molecule has 10 heteroatoms. The predicted molar refractivity (Wildman–Crippen MR) is 113 cm³/mol. The van der Waals surface area contributed by atoms with E-state index in [0.717, 1.165) is 11.1 Å². The van der Waals surface area contributed by atoms with Crippen LogP contribution in [0.2, 0.25) is 0 Å². The Labute approximate surface area is 179 Å². The van der Waals surface area contributed by atoms with Gasteiger partial charge < -0.3 is 0 Å². The third-order valence-electron chi connectivity index (χ3n) is 4.58. The molecule has 2 aromatic carbocycles. The predicted octanol–water partition coefficient (Wildman–Crippen LogP) is 3.20. The zero-order chi connectivity index (χ0) is 21.7. The molecular formula is C21H17N7O2S.